The number of nitrogens with two attached hydrogens (primary N) is 1. The molecular formula is C16H25N2O+. The van der Waals surface area contributed by atoms with Crippen molar-refractivity contribution in [3.63, 3.8) is 0 Å². The highest BCUT2D eigenvalue weighted by molar-refractivity contribution is 5.94. The molecule has 104 valence electrons. The Labute approximate surface area is 115 Å². The first kappa shape index (κ1) is 14.1. The van der Waals surface area contributed by atoms with E-state index in [2.05, 4.69) is 38.3 Å². The maximum Gasteiger partial charge on any atom is 0.251 e. The van der Waals surface area contributed by atoms with Crippen LogP contribution in [0.1, 0.15) is 50.9 Å². The summed E-state index contributed by atoms with van der Waals surface area (Å²) in [6.45, 7) is 8.98. The van der Waals surface area contributed by atoms with Gasteiger partial charge >= 0.3 is 0 Å². The number of hydrogen-bond acceptors (Lipinski definition) is 1. The van der Waals surface area contributed by atoms with Crippen molar-refractivity contribution in [3.05, 3.63) is 35.9 Å². The second-order valence-corrected chi connectivity index (χ2v) is 7.07. The Morgan fingerprint density at radius 2 is 1.63 bits per heavy atom. The average molecular weight is 261 g/mol. The zero-order chi connectivity index (χ0) is 14.1. The van der Waals surface area contributed by atoms with Crippen molar-refractivity contribution in [2.75, 3.05) is 0 Å². The van der Waals surface area contributed by atoms with Crippen LogP contribution in [0.3, 0.4) is 0 Å². The maximum absolute atomic E-state index is 12.2. The molecule has 2 rings (SSSR count). The van der Waals surface area contributed by atoms with Crippen LogP contribution in [0, 0.1) is 0 Å². The second kappa shape index (κ2) is 4.97. The number of amides is 1. The van der Waals surface area contributed by atoms with Crippen LogP contribution in [0.5, 0.6) is 0 Å². The minimum Gasteiger partial charge on any atom is -0.349 e. The number of carbonyl (C=O) groups is 1. The van der Waals surface area contributed by atoms with E-state index in [0.717, 1.165) is 18.4 Å². The Kier molecular flexibility index (Phi) is 3.68. The molecule has 1 aliphatic heterocycles. The number of nitrogens with one attached hydrogen (secondary N) is 1. The Bertz CT molecular complexity index is 435. The molecule has 3 nitrogen and oxygen atoms in total. The topological polar surface area (TPSA) is 45.7 Å². The number of quaternary nitrogens is 1. The zero-order valence-corrected chi connectivity index (χ0v) is 12.4. The summed E-state index contributed by atoms with van der Waals surface area (Å²) in [5.41, 5.74) is 1.10. The molecule has 0 aliphatic carbocycles. The largest absolute Gasteiger partial charge is 0.349 e. The van der Waals surface area contributed by atoms with Crippen molar-refractivity contribution in [2.45, 2.75) is 57.7 Å². The predicted octanol–water partition coefficient (Wildman–Crippen LogP) is 1.70. The number of carbonyl (C=O) groups excluding carboxylic acids is 1. The molecular weight excluding hydrogens is 236 g/mol. The summed E-state index contributed by atoms with van der Waals surface area (Å²) in [6.07, 6.45) is 2.02. The fourth-order valence-electron chi connectivity index (χ4n) is 3.48. The van der Waals surface area contributed by atoms with Gasteiger partial charge < -0.3 is 10.6 Å². The standard InChI is InChI=1S/C16H24N2O/c1-15(2)10-13(11-16(3,4)18-15)17-14(19)12-8-6-5-7-9-12/h5-9,13,18H,10-11H2,1-4H3,(H,17,19)/p+1. The van der Waals surface area contributed by atoms with Gasteiger partial charge in [-0.15, -0.1) is 0 Å². The number of piperidine rings is 1. The van der Waals surface area contributed by atoms with E-state index in [1.165, 1.54) is 0 Å². The third-order valence-electron chi connectivity index (χ3n) is 3.70. The molecule has 1 amide bonds. The fourth-order valence-corrected chi connectivity index (χ4v) is 3.48. The quantitative estimate of drug-likeness (QED) is 0.836. The molecule has 0 saturated carbocycles. The maximum atomic E-state index is 12.2. The summed E-state index contributed by atoms with van der Waals surface area (Å²) >= 11 is 0. The highest BCUT2D eigenvalue weighted by atomic mass is 16.1. The molecule has 19 heavy (non-hydrogen) atoms. The molecule has 0 aromatic heterocycles. The van der Waals surface area contributed by atoms with Crippen LogP contribution < -0.4 is 10.6 Å². The van der Waals surface area contributed by atoms with E-state index in [1.54, 1.807) is 0 Å². The lowest BCUT2D eigenvalue weighted by atomic mass is 9.79. The Hall–Kier alpha value is -1.35. The molecule has 1 aromatic rings. The third-order valence-corrected chi connectivity index (χ3v) is 3.70. The van der Waals surface area contributed by atoms with Crippen molar-refractivity contribution >= 4 is 5.91 Å². The van der Waals surface area contributed by atoms with Gasteiger partial charge in [-0.1, -0.05) is 18.2 Å². The molecule has 0 unspecified atom stereocenters. The number of benzene rings is 1. The fraction of sp³-hybridized carbons (Fsp3) is 0.562. The van der Waals surface area contributed by atoms with Gasteiger partial charge in [-0.3, -0.25) is 4.79 Å². The van der Waals surface area contributed by atoms with E-state index in [4.69, 9.17) is 0 Å². The van der Waals surface area contributed by atoms with E-state index >= 15 is 0 Å². The Morgan fingerprint density at radius 1 is 1.11 bits per heavy atom. The van der Waals surface area contributed by atoms with Crippen LogP contribution in [0.15, 0.2) is 30.3 Å². The van der Waals surface area contributed by atoms with Crippen LogP contribution >= 0.6 is 0 Å². The van der Waals surface area contributed by atoms with Crippen LogP contribution in [-0.2, 0) is 0 Å². The molecule has 1 aromatic carbocycles. The van der Waals surface area contributed by atoms with E-state index in [-0.39, 0.29) is 23.0 Å². The third kappa shape index (κ3) is 3.80. The van der Waals surface area contributed by atoms with E-state index in [0.29, 0.717) is 0 Å². The SMILES string of the molecule is CC1(C)CC(NC(=O)c2ccccc2)CC(C)(C)[NH2+]1. The molecule has 1 heterocycles. The normalized spacial score (nSPS) is 21.9. The summed E-state index contributed by atoms with van der Waals surface area (Å²) in [5.74, 6) is 0.0408. The lowest BCUT2D eigenvalue weighted by molar-refractivity contribution is -0.787. The highest BCUT2D eigenvalue weighted by Crippen LogP contribution is 2.22. The molecule has 0 radical (unpaired) electrons. The second-order valence-electron chi connectivity index (χ2n) is 7.07. The van der Waals surface area contributed by atoms with Crippen molar-refractivity contribution < 1.29 is 10.1 Å². The van der Waals surface area contributed by atoms with Crippen molar-refractivity contribution in [2.24, 2.45) is 0 Å². The Morgan fingerprint density at radius 3 is 2.16 bits per heavy atom. The van der Waals surface area contributed by atoms with Gasteiger partial charge in [0.05, 0.1) is 11.1 Å². The molecule has 3 N–H and O–H groups in total. The number of hydrogen-bond donors (Lipinski definition) is 2. The van der Waals surface area contributed by atoms with Crippen LogP contribution in [0.25, 0.3) is 0 Å². The summed E-state index contributed by atoms with van der Waals surface area (Å²) in [6, 6.07) is 9.71. The van der Waals surface area contributed by atoms with E-state index in [1.807, 2.05) is 30.3 Å². The summed E-state index contributed by atoms with van der Waals surface area (Å²) in [5, 5.41) is 5.61. The van der Waals surface area contributed by atoms with Gasteiger partial charge in [0, 0.05) is 24.4 Å². The van der Waals surface area contributed by atoms with Crippen LogP contribution in [0.4, 0.5) is 0 Å². The minimum absolute atomic E-state index is 0.0408. The van der Waals surface area contributed by atoms with Crippen LogP contribution in [0.2, 0.25) is 0 Å². The van der Waals surface area contributed by atoms with Gasteiger partial charge in [0.2, 0.25) is 0 Å². The Balaban J connectivity index is 2.05. The first-order valence-electron chi connectivity index (χ1n) is 7.00. The van der Waals surface area contributed by atoms with Gasteiger partial charge in [0.15, 0.2) is 0 Å². The van der Waals surface area contributed by atoms with E-state index in [9.17, 15) is 4.79 Å². The first-order chi connectivity index (χ1) is 8.77. The molecule has 1 fully saturated rings. The smallest absolute Gasteiger partial charge is 0.251 e. The monoisotopic (exact) mass is 261 g/mol. The van der Waals surface area contributed by atoms with Gasteiger partial charge in [0.25, 0.3) is 5.91 Å². The van der Waals surface area contributed by atoms with Crippen molar-refractivity contribution in [3.8, 4) is 0 Å². The van der Waals surface area contributed by atoms with Gasteiger partial charge in [0.1, 0.15) is 0 Å². The minimum atomic E-state index is 0.0408. The molecule has 1 saturated heterocycles. The molecule has 1 aliphatic rings. The lowest BCUT2D eigenvalue weighted by Gasteiger charge is -2.43. The molecule has 0 spiro atoms. The van der Waals surface area contributed by atoms with Gasteiger partial charge in [-0.05, 0) is 39.8 Å². The molecule has 3 heteroatoms. The van der Waals surface area contributed by atoms with Gasteiger partial charge in [-0.25, -0.2) is 0 Å². The number of rotatable bonds is 2. The molecule has 0 atom stereocenters. The summed E-state index contributed by atoms with van der Waals surface area (Å²) in [4.78, 5) is 12.2. The predicted molar refractivity (Wildman–Crippen MR) is 77.0 cm³/mol. The summed E-state index contributed by atoms with van der Waals surface area (Å²) in [7, 11) is 0. The molecule has 0 bridgehead atoms. The lowest BCUT2D eigenvalue weighted by Crippen LogP contribution is -3.06. The van der Waals surface area contributed by atoms with Gasteiger partial charge in [-0.2, -0.15) is 0 Å². The van der Waals surface area contributed by atoms with Crippen molar-refractivity contribution in [1.82, 2.24) is 5.32 Å². The zero-order valence-electron chi connectivity index (χ0n) is 12.4. The average Bonchev–Trinajstić information content (AvgIpc) is 2.25. The van der Waals surface area contributed by atoms with Crippen LogP contribution in [-0.4, -0.2) is 23.0 Å². The first-order valence-corrected chi connectivity index (χ1v) is 7.00. The van der Waals surface area contributed by atoms with E-state index < -0.39 is 0 Å². The van der Waals surface area contributed by atoms with Crippen molar-refractivity contribution in [1.29, 1.82) is 0 Å². The highest BCUT2D eigenvalue weighted by Gasteiger charge is 2.42. The summed E-state index contributed by atoms with van der Waals surface area (Å²) < 4.78 is 0.